The van der Waals surface area contributed by atoms with Gasteiger partial charge in [0.15, 0.2) is 0 Å². The number of anilines is 1. The van der Waals surface area contributed by atoms with Gasteiger partial charge in [-0.15, -0.1) is 0 Å². The van der Waals surface area contributed by atoms with Gasteiger partial charge in [0.05, 0.1) is 23.9 Å². The molecule has 1 aliphatic heterocycles. The van der Waals surface area contributed by atoms with Crippen LogP contribution in [-0.2, 0) is 4.74 Å². The Morgan fingerprint density at radius 3 is 3.00 bits per heavy atom. The average Bonchev–Trinajstić information content (AvgIpc) is 2.76. The molecule has 0 radical (unpaired) electrons. The van der Waals surface area contributed by atoms with Crippen molar-refractivity contribution >= 4 is 27.5 Å². The third kappa shape index (κ3) is 2.76. The molecule has 0 saturated carbocycles. The Morgan fingerprint density at radius 1 is 1.59 bits per heavy atom. The molecule has 0 spiro atoms. The first kappa shape index (κ1) is 12.3. The number of nitrogens with one attached hydrogen (secondary N) is 1. The highest BCUT2D eigenvalue weighted by Gasteiger charge is 2.20. The summed E-state index contributed by atoms with van der Waals surface area (Å²) in [5.74, 6) is -0.823. The van der Waals surface area contributed by atoms with Crippen LogP contribution >= 0.6 is 15.9 Å². The molecule has 1 unspecified atom stereocenters. The van der Waals surface area contributed by atoms with E-state index in [1.165, 1.54) is 12.1 Å². The van der Waals surface area contributed by atoms with Crippen LogP contribution in [0, 0.1) is 5.82 Å². The minimum atomic E-state index is -0.544. The van der Waals surface area contributed by atoms with Gasteiger partial charge in [-0.2, -0.15) is 0 Å². The monoisotopic (exact) mass is 302 g/mol. The van der Waals surface area contributed by atoms with Crippen molar-refractivity contribution < 1.29 is 13.9 Å². The molecular formula is C11H12BrFN2O2. The van der Waals surface area contributed by atoms with Crippen molar-refractivity contribution in [2.24, 2.45) is 0 Å². The average molecular weight is 303 g/mol. The molecule has 1 fully saturated rings. The molecule has 1 aromatic rings. The molecule has 2 rings (SSSR count). The zero-order valence-electron chi connectivity index (χ0n) is 9.00. The standard InChI is InChI=1S/C11H12BrFN2O2/c12-8-4-9(13)10(14)3-7(8)11(16)15-6-1-2-17-5-6/h3-4,6H,1-2,5,14H2,(H,15,16). The predicted molar refractivity (Wildman–Crippen MR) is 65.2 cm³/mol. The molecule has 3 N–H and O–H groups in total. The van der Waals surface area contributed by atoms with Crippen LogP contribution in [0.25, 0.3) is 0 Å². The molecule has 1 amide bonds. The smallest absolute Gasteiger partial charge is 0.252 e. The number of halogens is 2. The van der Waals surface area contributed by atoms with E-state index in [0.717, 1.165) is 6.42 Å². The number of hydrogen-bond acceptors (Lipinski definition) is 3. The van der Waals surface area contributed by atoms with Gasteiger partial charge in [0.2, 0.25) is 0 Å². The zero-order chi connectivity index (χ0) is 12.4. The number of carbonyl (C=O) groups is 1. The highest BCUT2D eigenvalue weighted by Crippen LogP contribution is 2.23. The lowest BCUT2D eigenvalue weighted by molar-refractivity contribution is 0.0929. The lowest BCUT2D eigenvalue weighted by atomic mass is 10.1. The van der Waals surface area contributed by atoms with Crippen LogP contribution < -0.4 is 11.1 Å². The normalized spacial score (nSPS) is 19.3. The van der Waals surface area contributed by atoms with E-state index in [9.17, 15) is 9.18 Å². The van der Waals surface area contributed by atoms with Crippen molar-refractivity contribution in [3.8, 4) is 0 Å². The second-order valence-corrected chi connectivity index (χ2v) is 4.74. The predicted octanol–water partition coefficient (Wildman–Crippen LogP) is 1.69. The van der Waals surface area contributed by atoms with E-state index in [1.54, 1.807) is 0 Å². The zero-order valence-corrected chi connectivity index (χ0v) is 10.6. The molecule has 4 nitrogen and oxygen atoms in total. The summed E-state index contributed by atoms with van der Waals surface area (Å²) >= 11 is 3.14. The molecule has 1 atom stereocenters. The lowest BCUT2D eigenvalue weighted by Crippen LogP contribution is -2.35. The lowest BCUT2D eigenvalue weighted by Gasteiger charge is -2.12. The van der Waals surface area contributed by atoms with E-state index in [4.69, 9.17) is 10.5 Å². The summed E-state index contributed by atoms with van der Waals surface area (Å²) in [4.78, 5) is 11.9. The van der Waals surface area contributed by atoms with Crippen LogP contribution in [0.4, 0.5) is 10.1 Å². The Bertz CT molecular complexity index is 447. The maximum atomic E-state index is 13.1. The van der Waals surface area contributed by atoms with Gasteiger partial charge in [-0.3, -0.25) is 4.79 Å². The van der Waals surface area contributed by atoms with Crippen molar-refractivity contribution in [2.45, 2.75) is 12.5 Å². The highest BCUT2D eigenvalue weighted by atomic mass is 79.9. The molecule has 0 bridgehead atoms. The molecule has 92 valence electrons. The molecule has 1 aromatic carbocycles. The molecule has 1 saturated heterocycles. The maximum Gasteiger partial charge on any atom is 0.252 e. The Balaban J connectivity index is 2.15. The van der Waals surface area contributed by atoms with Crippen molar-refractivity contribution in [1.82, 2.24) is 5.32 Å². The number of rotatable bonds is 2. The summed E-state index contributed by atoms with van der Waals surface area (Å²) in [7, 11) is 0. The molecule has 17 heavy (non-hydrogen) atoms. The maximum absolute atomic E-state index is 13.1. The van der Waals surface area contributed by atoms with E-state index in [1.807, 2.05) is 0 Å². The fourth-order valence-corrected chi connectivity index (χ4v) is 2.15. The third-order valence-corrected chi connectivity index (χ3v) is 3.25. The first-order valence-corrected chi connectivity index (χ1v) is 6.00. The summed E-state index contributed by atoms with van der Waals surface area (Å²) in [6.07, 6.45) is 0.792. The largest absolute Gasteiger partial charge is 0.396 e. The van der Waals surface area contributed by atoms with Gasteiger partial charge in [-0.05, 0) is 34.5 Å². The summed E-state index contributed by atoms with van der Waals surface area (Å²) < 4.78 is 18.7. The number of ether oxygens (including phenoxy) is 1. The van der Waals surface area contributed by atoms with Crippen LogP contribution in [0.2, 0.25) is 0 Å². The summed E-state index contributed by atoms with van der Waals surface area (Å²) in [6.45, 7) is 1.16. The Kier molecular flexibility index (Phi) is 3.63. The number of amides is 1. The van der Waals surface area contributed by atoms with E-state index in [-0.39, 0.29) is 17.6 Å². The molecule has 1 aliphatic rings. The van der Waals surface area contributed by atoms with Gasteiger partial charge in [0.25, 0.3) is 5.91 Å². The quantitative estimate of drug-likeness (QED) is 0.817. The fraction of sp³-hybridized carbons (Fsp3) is 0.364. The molecule has 6 heteroatoms. The van der Waals surface area contributed by atoms with Crippen LogP contribution in [0.3, 0.4) is 0 Å². The van der Waals surface area contributed by atoms with Crippen molar-refractivity contribution in [3.05, 3.63) is 28.0 Å². The van der Waals surface area contributed by atoms with Gasteiger partial charge in [0, 0.05) is 11.1 Å². The first-order chi connectivity index (χ1) is 8.08. The Labute approximate surface area is 106 Å². The Morgan fingerprint density at radius 2 is 2.35 bits per heavy atom. The van der Waals surface area contributed by atoms with Crippen LogP contribution in [0.1, 0.15) is 16.8 Å². The number of carbonyl (C=O) groups excluding carboxylic acids is 1. The fourth-order valence-electron chi connectivity index (χ4n) is 1.65. The number of benzene rings is 1. The van der Waals surface area contributed by atoms with E-state index in [2.05, 4.69) is 21.2 Å². The SMILES string of the molecule is Nc1cc(C(=O)NC2CCOC2)c(Br)cc1F. The second kappa shape index (κ2) is 5.01. The van der Waals surface area contributed by atoms with Crippen molar-refractivity contribution in [2.75, 3.05) is 18.9 Å². The minimum absolute atomic E-state index is 0.0145. The van der Waals surface area contributed by atoms with E-state index in [0.29, 0.717) is 23.2 Å². The summed E-state index contributed by atoms with van der Waals surface area (Å²) in [5.41, 5.74) is 5.72. The number of nitrogen functional groups attached to an aromatic ring is 1. The van der Waals surface area contributed by atoms with Crippen LogP contribution in [0.5, 0.6) is 0 Å². The first-order valence-electron chi connectivity index (χ1n) is 5.21. The third-order valence-electron chi connectivity index (χ3n) is 2.60. The summed E-state index contributed by atoms with van der Waals surface area (Å²) in [6, 6.07) is 2.53. The van der Waals surface area contributed by atoms with Crippen molar-refractivity contribution in [1.29, 1.82) is 0 Å². The van der Waals surface area contributed by atoms with Crippen molar-refractivity contribution in [3.63, 3.8) is 0 Å². The summed E-state index contributed by atoms with van der Waals surface area (Å²) in [5, 5.41) is 2.81. The topological polar surface area (TPSA) is 64.4 Å². The molecular weight excluding hydrogens is 291 g/mol. The number of hydrogen-bond donors (Lipinski definition) is 2. The highest BCUT2D eigenvalue weighted by molar-refractivity contribution is 9.10. The van der Waals surface area contributed by atoms with E-state index >= 15 is 0 Å². The molecule has 0 aromatic heterocycles. The van der Waals surface area contributed by atoms with Gasteiger partial charge >= 0.3 is 0 Å². The van der Waals surface area contributed by atoms with E-state index < -0.39 is 5.82 Å². The van der Waals surface area contributed by atoms with Crippen LogP contribution in [0.15, 0.2) is 16.6 Å². The van der Waals surface area contributed by atoms with Crippen LogP contribution in [-0.4, -0.2) is 25.2 Å². The number of nitrogens with two attached hydrogens (primary N) is 1. The van der Waals surface area contributed by atoms with Gasteiger partial charge in [-0.25, -0.2) is 4.39 Å². The van der Waals surface area contributed by atoms with Gasteiger partial charge < -0.3 is 15.8 Å². The van der Waals surface area contributed by atoms with Gasteiger partial charge in [-0.1, -0.05) is 0 Å². The molecule has 0 aliphatic carbocycles. The molecule has 1 heterocycles. The van der Waals surface area contributed by atoms with Gasteiger partial charge in [0.1, 0.15) is 5.82 Å². The second-order valence-electron chi connectivity index (χ2n) is 3.89. The minimum Gasteiger partial charge on any atom is -0.396 e. The Hall–Kier alpha value is -1.14.